The van der Waals surface area contributed by atoms with Crippen LogP contribution >= 0.6 is 23.8 Å². The lowest BCUT2D eigenvalue weighted by atomic mass is 10.2. The molecule has 0 saturated carbocycles. The summed E-state index contributed by atoms with van der Waals surface area (Å²) in [4.78, 5) is 0.313. The SMILES string of the molecule is NC(=S)c1cccc(OCCOc2ccc(Cl)c(F)c2)c1. The molecule has 0 aliphatic rings. The maximum Gasteiger partial charge on any atom is 0.145 e. The number of rotatable bonds is 6. The third-order valence-corrected chi connectivity index (χ3v) is 3.17. The summed E-state index contributed by atoms with van der Waals surface area (Å²) < 4.78 is 24.1. The number of ether oxygens (including phenoxy) is 2. The molecular formula is C15H13ClFNO2S. The van der Waals surface area contributed by atoms with Crippen LogP contribution in [0, 0.1) is 5.82 Å². The fourth-order valence-corrected chi connectivity index (χ4v) is 1.87. The maximum absolute atomic E-state index is 13.2. The highest BCUT2D eigenvalue weighted by molar-refractivity contribution is 7.80. The molecule has 0 radical (unpaired) electrons. The molecule has 110 valence electrons. The second kappa shape index (κ2) is 7.24. The largest absolute Gasteiger partial charge is 0.490 e. The van der Waals surface area contributed by atoms with Gasteiger partial charge in [-0.2, -0.15) is 0 Å². The van der Waals surface area contributed by atoms with Gasteiger partial charge in [-0.1, -0.05) is 36.0 Å². The normalized spacial score (nSPS) is 10.2. The number of halogens is 2. The molecule has 0 fully saturated rings. The van der Waals surface area contributed by atoms with Crippen LogP contribution in [-0.2, 0) is 0 Å². The van der Waals surface area contributed by atoms with Crippen molar-refractivity contribution in [1.29, 1.82) is 0 Å². The summed E-state index contributed by atoms with van der Waals surface area (Å²) in [6.45, 7) is 0.587. The zero-order valence-electron chi connectivity index (χ0n) is 11.0. The highest BCUT2D eigenvalue weighted by Crippen LogP contribution is 2.20. The third-order valence-electron chi connectivity index (χ3n) is 2.63. The Balaban J connectivity index is 1.83. The van der Waals surface area contributed by atoms with Crippen molar-refractivity contribution in [3.8, 4) is 11.5 Å². The van der Waals surface area contributed by atoms with Crippen LogP contribution in [0.1, 0.15) is 5.56 Å². The molecule has 0 unspecified atom stereocenters. The van der Waals surface area contributed by atoms with Gasteiger partial charge in [0.2, 0.25) is 0 Å². The molecule has 0 spiro atoms. The van der Waals surface area contributed by atoms with Gasteiger partial charge < -0.3 is 15.2 Å². The van der Waals surface area contributed by atoms with Crippen molar-refractivity contribution in [2.75, 3.05) is 13.2 Å². The Morgan fingerprint density at radius 2 is 1.76 bits per heavy atom. The van der Waals surface area contributed by atoms with Gasteiger partial charge in [-0.25, -0.2) is 4.39 Å². The molecule has 0 bridgehead atoms. The minimum Gasteiger partial charge on any atom is -0.490 e. The van der Waals surface area contributed by atoms with Gasteiger partial charge in [0.25, 0.3) is 0 Å². The molecule has 21 heavy (non-hydrogen) atoms. The van der Waals surface area contributed by atoms with E-state index in [9.17, 15) is 4.39 Å². The quantitative estimate of drug-likeness (QED) is 0.651. The number of hydrogen-bond donors (Lipinski definition) is 1. The van der Waals surface area contributed by atoms with Crippen LogP contribution in [0.4, 0.5) is 4.39 Å². The van der Waals surface area contributed by atoms with Crippen LogP contribution in [0.3, 0.4) is 0 Å². The number of benzene rings is 2. The summed E-state index contributed by atoms with van der Waals surface area (Å²) in [5, 5.41) is 0.0631. The lowest BCUT2D eigenvalue weighted by Crippen LogP contribution is -2.11. The van der Waals surface area contributed by atoms with Gasteiger partial charge in [-0.05, 0) is 24.3 Å². The van der Waals surface area contributed by atoms with Crippen molar-refractivity contribution < 1.29 is 13.9 Å². The molecule has 0 aliphatic carbocycles. The van der Waals surface area contributed by atoms with Crippen LogP contribution in [-0.4, -0.2) is 18.2 Å². The van der Waals surface area contributed by atoms with E-state index in [1.165, 1.54) is 12.1 Å². The zero-order chi connectivity index (χ0) is 15.2. The Morgan fingerprint density at radius 3 is 2.38 bits per heavy atom. The first kappa shape index (κ1) is 15.5. The lowest BCUT2D eigenvalue weighted by molar-refractivity contribution is 0.216. The first-order valence-electron chi connectivity index (χ1n) is 6.17. The second-order valence-corrected chi connectivity index (χ2v) is 5.01. The molecule has 2 aromatic carbocycles. The Morgan fingerprint density at radius 1 is 1.10 bits per heavy atom. The highest BCUT2D eigenvalue weighted by atomic mass is 35.5. The first-order valence-corrected chi connectivity index (χ1v) is 6.95. The number of thiocarbonyl (C=S) groups is 1. The van der Waals surface area contributed by atoms with Crippen LogP contribution < -0.4 is 15.2 Å². The van der Waals surface area contributed by atoms with Gasteiger partial charge in [0.1, 0.15) is 35.5 Å². The van der Waals surface area contributed by atoms with Crippen molar-refractivity contribution in [2.24, 2.45) is 5.73 Å². The third kappa shape index (κ3) is 4.58. The lowest BCUT2D eigenvalue weighted by Gasteiger charge is -2.09. The zero-order valence-corrected chi connectivity index (χ0v) is 12.6. The number of hydrogen-bond acceptors (Lipinski definition) is 3. The minimum absolute atomic E-state index is 0.0631. The summed E-state index contributed by atoms with van der Waals surface area (Å²) >= 11 is 10.5. The highest BCUT2D eigenvalue weighted by Gasteiger charge is 2.02. The molecule has 0 amide bonds. The summed E-state index contributed by atoms with van der Waals surface area (Å²) in [7, 11) is 0. The van der Waals surface area contributed by atoms with Crippen LogP contribution in [0.15, 0.2) is 42.5 Å². The maximum atomic E-state index is 13.2. The molecule has 3 nitrogen and oxygen atoms in total. The standard InChI is InChI=1S/C15H13ClFNO2S/c16-13-5-4-12(9-14(13)17)20-7-6-19-11-3-1-2-10(8-11)15(18)21/h1-5,8-9H,6-7H2,(H2,18,21). The van der Waals surface area contributed by atoms with Gasteiger partial charge >= 0.3 is 0 Å². The van der Waals surface area contributed by atoms with Gasteiger partial charge in [-0.3, -0.25) is 0 Å². The van der Waals surface area contributed by atoms with E-state index in [1.54, 1.807) is 24.3 Å². The second-order valence-electron chi connectivity index (χ2n) is 4.16. The minimum atomic E-state index is -0.515. The Labute approximate surface area is 132 Å². The summed E-state index contributed by atoms with van der Waals surface area (Å²) in [5.41, 5.74) is 6.28. The fourth-order valence-electron chi connectivity index (χ4n) is 1.62. The van der Waals surface area contributed by atoms with E-state index in [-0.39, 0.29) is 11.6 Å². The molecule has 0 atom stereocenters. The monoisotopic (exact) mass is 325 g/mol. The van der Waals surface area contributed by atoms with Crippen LogP contribution in [0.2, 0.25) is 5.02 Å². The molecule has 2 aromatic rings. The van der Waals surface area contributed by atoms with Gasteiger partial charge in [-0.15, -0.1) is 0 Å². The number of nitrogens with two attached hydrogens (primary N) is 1. The topological polar surface area (TPSA) is 44.5 Å². The Bertz CT molecular complexity index is 651. The van der Waals surface area contributed by atoms with Gasteiger partial charge in [0, 0.05) is 11.6 Å². The van der Waals surface area contributed by atoms with E-state index in [4.69, 9.17) is 39.0 Å². The molecule has 2 rings (SSSR count). The molecule has 0 aliphatic heterocycles. The average Bonchev–Trinajstić information content (AvgIpc) is 2.47. The van der Waals surface area contributed by atoms with Gasteiger partial charge in [0.15, 0.2) is 0 Å². The van der Waals surface area contributed by atoms with E-state index in [0.29, 0.717) is 23.1 Å². The molecule has 2 N–H and O–H groups in total. The predicted molar refractivity (Wildman–Crippen MR) is 84.7 cm³/mol. The summed E-state index contributed by atoms with van der Waals surface area (Å²) in [5.74, 6) is 0.530. The van der Waals surface area contributed by atoms with Crippen LogP contribution in [0.25, 0.3) is 0 Å². The first-order chi connectivity index (χ1) is 10.1. The smallest absolute Gasteiger partial charge is 0.145 e. The van der Waals surface area contributed by atoms with Crippen molar-refractivity contribution >= 4 is 28.8 Å². The van der Waals surface area contributed by atoms with Crippen molar-refractivity contribution in [3.05, 3.63) is 58.9 Å². The Kier molecular flexibility index (Phi) is 5.36. The van der Waals surface area contributed by atoms with E-state index in [0.717, 1.165) is 5.56 Å². The van der Waals surface area contributed by atoms with Crippen LogP contribution in [0.5, 0.6) is 11.5 Å². The molecule has 6 heteroatoms. The van der Waals surface area contributed by atoms with Crippen molar-refractivity contribution in [3.63, 3.8) is 0 Å². The molecule has 0 aromatic heterocycles. The summed E-state index contributed by atoms with van der Waals surface area (Å²) in [6.07, 6.45) is 0. The van der Waals surface area contributed by atoms with Crippen molar-refractivity contribution in [1.82, 2.24) is 0 Å². The predicted octanol–water partition coefficient (Wildman–Crippen LogP) is 3.57. The van der Waals surface area contributed by atoms with Gasteiger partial charge in [0.05, 0.1) is 5.02 Å². The fraction of sp³-hybridized carbons (Fsp3) is 0.133. The molecule has 0 saturated heterocycles. The van der Waals surface area contributed by atoms with E-state index < -0.39 is 5.82 Å². The molecular weight excluding hydrogens is 313 g/mol. The van der Waals surface area contributed by atoms with E-state index >= 15 is 0 Å². The van der Waals surface area contributed by atoms with Crippen molar-refractivity contribution in [2.45, 2.75) is 0 Å². The Hall–Kier alpha value is -1.85. The summed E-state index contributed by atoms with van der Waals surface area (Å²) in [6, 6.07) is 11.4. The average molecular weight is 326 g/mol. The van der Waals surface area contributed by atoms with E-state index in [1.807, 2.05) is 6.07 Å². The molecule has 0 heterocycles. The van der Waals surface area contributed by atoms with E-state index in [2.05, 4.69) is 0 Å².